The first-order valence-corrected chi connectivity index (χ1v) is 10.0. The summed E-state index contributed by atoms with van der Waals surface area (Å²) < 4.78 is 13.0. The second-order valence-electron chi connectivity index (χ2n) is 7.54. The monoisotopic (exact) mass is 416 g/mol. The second kappa shape index (κ2) is 8.87. The Hall–Kier alpha value is -3.87. The maximum Gasteiger partial charge on any atom is 0.278 e. The van der Waals surface area contributed by atoms with Gasteiger partial charge in [-0.2, -0.15) is 5.10 Å². The van der Waals surface area contributed by atoms with Crippen molar-refractivity contribution in [3.05, 3.63) is 94.6 Å². The van der Waals surface area contributed by atoms with E-state index in [9.17, 15) is 4.79 Å². The van der Waals surface area contributed by atoms with Crippen molar-refractivity contribution in [1.29, 1.82) is 0 Å². The summed E-state index contributed by atoms with van der Waals surface area (Å²) >= 11 is 0. The van der Waals surface area contributed by atoms with Crippen molar-refractivity contribution in [2.24, 2.45) is 0 Å². The molecule has 1 N–H and O–H groups in total. The zero-order valence-corrected chi connectivity index (χ0v) is 17.8. The minimum atomic E-state index is -0.341. The van der Waals surface area contributed by atoms with E-state index < -0.39 is 0 Å². The summed E-state index contributed by atoms with van der Waals surface area (Å²) in [6, 6.07) is 15.5. The highest BCUT2D eigenvalue weighted by Crippen LogP contribution is 2.21. The molecule has 0 atom stereocenters. The van der Waals surface area contributed by atoms with Gasteiger partial charge in [0.15, 0.2) is 5.69 Å². The Morgan fingerprint density at radius 1 is 1.10 bits per heavy atom. The number of carbonyl (C=O) groups is 1. The number of hydrogen-bond donors (Lipinski definition) is 1. The van der Waals surface area contributed by atoms with Crippen LogP contribution in [-0.4, -0.2) is 20.8 Å². The molecule has 0 bridgehead atoms. The van der Waals surface area contributed by atoms with Crippen LogP contribution in [0.4, 0.5) is 5.69 Å². The number of hydrogen-bond acceptors (Lipinski definition) is 5. The van der Waals surface area contributed by atoms with Crippen molar-refractivity contribution >= 4 is 11.6 Å². The molecule has 0 aliphatic carbocycles. The molecule has 2 heterocycles. The van der Waals surface area contributed by atoms with Crippen molar-refractivity contribution in [2.45, 2.75) is 33.9 Å². The van der Waals surface area contributed by atoms with E-state index in [0.717, 1.165) is 22.4 Å². The Bertz CT molecular complexity index is 1180. The first-order chi connectivity index (χ1) is 15.0. The Kier molecular flexibility index (Phi) is 5.84. The van der Waals surface area contributed by atoms with Gasteiger partial charge < -0.3 is 14.6 Å². The average molecular weight is 416 g/mol. The van der Waals surface area contributed by atoms with Crippen molar-refractivity contribution in [1.82, 2.24) is 14.9 Å². The van der Waals surface area contributed by atoms with E-state index in [4.69, 9.17) is 9.26 Å². The molecule has 4 aromatic rings. The lowest BCUT2D eigenvalue weighted by Gasteiger charge is -2.10. The molecular formula is C24H24N4O3. The number of nitrogens with one attached hydrogen (secondary N) is 1. The van der Waals surface area contributed by atoms with E-state index >= 15 is 0 Å². The third-order valence-electron chi connectivity index (χ3n) is 4.87. The number of carbonyl (C=O) groups excluding carboxylic acids is 1. The third-order valence-corrected chi connectivity index (χ3v) is 4.87. The smallest absolute Gasteiger partial charge is 0.278 e. The van der Waals surface area contributed by atoms with Gasteiger partial charge in [-0.15, -0.1) is 0 Å². The van der Waals surface area contributed by atoms with E-state index in [1.807, 2.05) is 67.2 Å². The number of ether oxygens (including phenoxy) is 1. The molecule has 4 rings (SSSR count). The molecule has 31 heavy (non-hydrogen) atoms. The molecule has 1 amide bonds. The SMILES string of the molecule is Cc1cc(C)cc(OCc2c(C(=O)Nc3cccc(Cn4cccn4)c3)noc2C)c1. The molecule has 7 heteroatoms. The summed E-state index contributed by atoms with van der Waals surface area (Å²) in [4.78, 5) is 12.9. The summed E-state index contributed by atoms with van der Waals surface area (Å²) in [5.41, 5.74) is 4.78. The molecular weight excluding hydrogens is 392 g/mol. The van der Waals surface area contributed by atoms with E-state index in [1.54, 1.807) is 13.1 Å². The zero-order valence-electron chi connectivity index (χ0n) is 17.8. The van der Waals surface area contributed by atoms with Crippen LogP contribution in [-0.2, 0) is 13.2 Å². The predicted molar refractivity (Wildman–Crippen MR) is 117 cm³/mol. The Morgan fingerprint density at radius 3 is 2.65 bits per heavy atom. The first kappa shape index (κ1) is 20.4. The van der Waals surface area contributed by atoms with Crippen molar-refractivity contribution in [2.75, 3.05) is 5.32 Å². The quantitative estimate of drug-likeness (QED) is 0.473. The van der Waals surface area contributed by atoms with Gasteiger partial charge in [-0.1, -0.05) is 23.4 Å². The number of aromatic nitrogens is 3. The lowest BCUT2D eigenvalue weighted by atomic mass is 10.1. The molecule has 0 aliphatic heterocycles. The van der Waals surface area contributed by atoms with Crippen LogP contribution in [0.5, 0.6) is 5.75 Å². The summed E-state index contributed by atoms with van der Waals surface area (Å²) in [7, 11) is 0. The van der Waals surface area contributed by atoms with Crippen LogP contribution in [0, 0.1) is 20.8 Å². The number of anilines is 1. The lowest BCUT2D eigenvalue weighted by Crippen LogP contribution is -2.15. The van der Waals surface area contributed by atoms with Gasteiger partial charge in [-0.25, -0.2) is 0 Å². The van der Waals surface area contributed by atoms with Crippen molar-refractivity contribution < 1.29 is 14.1 Å². The maximum atomic E-state index is 12.9. The zero-order chi connectivity index (χ0) is 21.8. The number of benzene rings is 2. The molecule has 2 aromatic carbocycles. The fraction of sp³-hybridized carbons (Fsp3) is 0.208. The van der Waals surface area contributed by atoms with Gasteiger partial charge in [-0.05, 0) is 67.8 Å². The Labute approximate surface area is 180 Å². The van der Waals surface area contributed by atoms with Crippen LogP contribution < -0.4 is 10.1 Å². The molecule has 0 aliphatic rings. The Morgan fingerprint density at radius 2 is 1.90 bits per heavy atom. The van der Waals surface area contributed by atoms with Gasteiger partial charge in [0, 0.05) is 18.1 Å². The summed E-state index contributed by atoms with van der Waals surface area (Å²) in [6.45, 7) is 6.62. The summed E-state index contributed by atoms with van der Waals surface area (Å²) in [5, 5.41) is 11.1. The lowest BCUT2D eigenvalue weighted by molar-refractivity contribution is 0.101. The topological polar surface area (TPSA) is 82.2 Å². The fourth-order valence-electron chi connectivity index (χ4n) is 3.43. The molecule has 0 spiro atoms. The summed E-state index contributed by atoms with van der Waals surface area (Å²) in [6.07, 6.45) is 3.63. The van der Waals surface area contributed by atoms with Gasteiger partial charge in [0.25, 0.3) is 5.91 Å². The number of amides is 1. The Balaban J connectivity index is 1.47. The number of aryl methyl sites for hydroxylation is 3. The molecule has 0 unspecified atom stereocenters. The van der Waals surface area contributed by atoms with Crippen LogP contribution >= 0.6 is 0 Å². The highest BCUT2D eigenvalue weighted by molar-refractivity contribution is 6.03. The molecule has 7 nitrogen and oxygen atoms in total. The molecule has 158 valence electrons. The molecule has 2 aromatic heterocycles. The van der Waals surface area contributed by atoms with Crippen LogP contribution in [0.1, 0.15) is 38.5 Å². The third kappa shape index (κ3) is 5.01. The number of rotatable bonds is 7. The van der Waals surface area contributed by atoms with Gasteiger partial charge in [0.1, 0.15) is 18.1 Å². The number of nitrogens with zero attached hydrogens (tertiary/aromatic N) is 3. The first-order valence-electron chi connectivity index (χ1n) is 10.0. The molecule has 0 fully saturated rings. The second-order valence-corrected chi connectivity index (χ2v) is 7.54. The molecule has 0 saturated heterocycles. The highest BCUT2D eigenvalue weighted by Gasteiger charge is 2.21. The maximum absolute atomic E-state index is 12.9. The van der Waals surface area contributed by atoms with Gasteiger partial charge in [0.05, 0.1) is 12.1 Å². The fourth-order valence-corrected chi connectivity index (χ4v) is 3.43. The minimum absolute atomic E-state index is 0.195. The minimum Gasteiger partial charge on any atom is -0.489 e. The van der Waals surface area contributed by atoms with Crippen molar-refractivity contribution in [3.63, 3.8) is 0 Å². The van der Waals surface area contributed by atoms with Gasteiger partial charge >= 0.3 is 0 Å². The van der Waals surface area contributed by atoms with E-state index in [-0.39, 0.29) is 18.2 Å². The van der Waals surface area contributed by atoms with Gasteiger partial charge in [0.2, 0.25) is 0 Å². The van der Waals surface area contributed by atoms with E-state index in [2.05, 4.69) is 21.6 Å². The largest absolute Gasteiger partial charge is 0.489 e. The highest BCUT2D eigenvalue weighted by atomic mass is 16.5. The molecule has 0 saturated carbocycles. The molecule has 0 radical (unpaired) electrons. The van der Waals surface area contributed by atoms with E-state index in [0.29, 0.717) is 23.6 Å². The van der Waals surface area contributed by atoms with Crippen LogP contribution in [0.15, 0.2) is 65.4 Å². The van der Waals surface area contributed by atoms with Gasteiger partial charge in [-0.3, -0.25) is 9.48 Å². The standard InChI is InChI=1S/C24H24N4O3/c1-16-10-17(2)12-21(11-16)30-15-22-18(3)31-27-23(22)24(29)26-20-7-4-6-19(13-20)14-28-9-5-8-25-28/h4-13H,14-15H2,1-3H3,(H,26,29). The predicted octanol–water partition coefficient (Wildman–Crippen LogP) is 4.68. The van der Waals surface area contributed by atoms with Crippen LogP contribution in [0.25, 0.3) is 0 Å². The average Bonchev–Trinajstić information content (AvgIpc) is 3.35. The normalized spacial score (nSPS) is 10.8. The summed E-state index contributed by atoms with van der Waals surface area (Å²) in [5.74, 6) is 0.963. The van der Waals surface area contributed by atoms with Crippen LogP contribution in [0.2, 0.25) is 0 Å². The van der Waals surface area contributed by atoms with Crippen LogP contribution in [0.3, 0.4) is 0 Å². The van der Waals surface area contributed by atoms with Crippen molar-refractivity contribution in [3.8, 4) is 5.75 Å². The van der Waals surface area contributed by atoms with E-state index in [1.165, 1.54) is 0 Å².